The van der Waals surface area contributed by atoms with E-state index in [9.17, 15) is 0 Å². The standard InChI is InChI=1S/C10H17N/c1-2-11-8-7-9-5-3-4-6-10(9)11/h4,6,9-10H,2-3,5,7-8H2,1H3. The lowest BCUT2D eigenvalue weighted by molar-refractivity contribution is 0.269. The van der Waals surface area contributed by atoms with Gasteiger partial charge in [-0.25, -0.2) is 0 Å². The number of allylic oxidation sites excluding steroid dienone is 1. The van der Waals surface area contributed by atoms with E-state index in [-0.39, 0.29) is 0 Å². The summed E-state index contributed by atoms with van der Waals surface area (Å²) in [5.74, 6) is 0.986. The summed E-state index contributed by atoms with van der Waals surface area (Å²) in [6.07, 6.45) is 8.96. The van der Waals surface area contributed by atoms with Crippen LogP contribution in [0.15, 0.2) is 12.2 Å². The molecule has 1 aliphatic heterocycles. The van der Waals surface area contributed by atoms with Crippen molar-refractivity contribution in [2.45, 2.75) is 32.2 Å². The molecule has 1 aliphatic carbocycles. The Morgan fingerprint density at radius 1 is 1.45 bits per heavy atom. The molecule has 11 heavy (non-hydrogen) atoms. The summed E-state index contributed by atoms with van der Waals surface area (Å²) < 4.78 is 0. The molecule has 1 fully saturated rings. The number of likely N-dealkylation sites (N-methyl/N-ethyl adjacent to an activating group) is 1. The van der Waals surface area contributed by atoms with E-state index in [1.165, 1.54) is 32.4 Å². The zero-order valence-electron chi connectivity index (χ0n) is 7.29. The molecule has 0 radical (unpaired) electrons. The predicted octanol–water partition coefficient (Wildman–Crippen LogP) is 2.05. The van der Waals surface area contributed by atoms with Crippen molar-refractivity contribution in [1.29, 1.82) is 0 Å². The molecule has 62 valence electrons. The van der Waals surface area contributed by atoms with Gasteiger partial charge in [0, 0.05) is 6.04 Å². The van der Waals surface area contributed by atoms with Crippen LogP contribution in [-0.2, 0) is 0 Å². The third kappa shape index (κ3) is 1.22. The van der Waals surface area contributed by atoms with E-state index in [0.717, 1.165) is 12.0 Å². The average Bonchev–Trinajstić information content (AvgIpc) is 2.47. The van der Waals surface area contributed by atoms with Gasteiger partial charge in [-0.15, -0.1) is 0 Å². The molecule has 0 saturated carbocycles. The monoisotopic (exact) mass is 151 g/mol. The lowest BCUT2D eigenvalue weighted by atomic mass is 9.90. The van der Waals surface area contributed by atoms with Gasteiger partial charge < -0.3 is 0 Å². The molecule has 1 heteroatoms. The Bertz CT molecular complexity index is 162. The van der Waals surface area contributed by atoms with E-state index in [0.29, 0.717) is 0 Å². The Labute approximate surface area is 69.1 Å². The molecule has 2 aliphatic rings. The van der Waals surface area contributed by atoms with Crippen LogP contribution in [0.3, 0.4) is 0 Å². The van der Waals surface area contributed by atoms with Crippen LogP contribution in [0.5, 0.6) is 0 Å². The molecule has 1 saturated heterocycles. The number of nitrogens with zero attached hydrogens (tertiary/aromatic N) is 1. The minimum atomic E-state index is 0.800. The summed E-state index contributed by atoms with van der Waals surface area (Å²) in [5, 5.41) is 0. The number of fused-ring (bicyclic) bond motifs is 1. The Morgan fingerprint density at radius 3 is 3.18 bits per heavy atom. The van der Waals surface area contributed by atoms with Crippen LogP contribution < -0.4 is 0 Å². The maximum absolute atomic E-state index is 2.60. The first-order chi connectivity index (χ1) is 5.42. The highest BCUT2D eigenvalue weighted by atomic mass is 15.2. The maximum Gasteiger partial charge on any atom is 0.0306 e. The van der Waals surface area contributed by atoms with E-state index in [1.54, 1.807) is 0 Å². The van der Waals surface area contributed by atoms with Crippen molar-refractivity contribution in [3.05, 3.63) is 12.2 Å². The number of hydrogen-bond donors (Lipinski definition) is 0. The smallest absolute Gasteiger partial charge is 0.0306 e. The van der Waals surface area contributed by atoms with Crippen LogP contribution in [0.2, 0.25) is 0 Å². The van der Waals surface area contributed by atoms with E-state index in [1.807, 2.05) is 0 Å². The van der Waals surface area contributed by atoms with Crippen LogP contribution in [0.4, 0.5) is 0 Å². The zero-order valence-corrected chi connectivity index (χ0v) is 7.29. The van der Waals surface area contributed by atoms with Crippen LogP contribution >= 0.6 is 0 Å². The van der Waals surface area contributed by atoms with Gasteiger partial charge in [0.15, 0.2) is 0 Å². The summed E-state index contributed by atoms with van der Waals surface area (Å²) in [4.78, 5) is 2.60. The molecular weight excluding hydrogens is 134 g/mol. The summed E-state index contributed by atoms with van der Waals surface area (Å²) >= 11 is 0. The largest absolute Gasteiger partial charge is 0.297 e. The molecule has 1 nitrogen and oxygen atoms in total. The Balaban J connectivity index is 2.08. The van der Waals surface area contributed by atoms with Crippen molar-refractivity contribution in [3.8, 4) is 0 Å². The molecule has 0 N–H and O–H groups in total. The Hall–Kier alpha value is -0.300. The zero-order chi connectivity index (χ0) is 7.68. The quantitative estimate of drug-likeness (QED) is 0.518. The van der Waals surface area contributed by atoms with E-state index in [2.05, 4.69) is 24.0 Å². The minimum absolute atomic E-state index is 0.800. The molecule has 2 unspecified atom stereocenters. The second kappa shape index (κ2) is 2.98. The van der Waals surface area contributed by atoms with E-state index in [4.69, 9.17) is 0 Å². The molecule has 2 rings (SSSR count). The fraction of sp³-hybridized carbons (Fsp3) is 0.800. The molecule has 0 aromatic carbocycles. The number of likely N-dealkylation sites (tertiary alicyclic amines) is 1. The lowest BCUT2D eigenvalue weighted by Crippen LogP contribution is -2.31. The molecule has 0 aromatic heterocycles. The van der Waals surface area contributed by atoms with Gasteiger partial charge in [0.05, 0.1) is 0 Å². The normalized spacial score (nSPS) is 37.5. The highest BCUT2D eigenvalue weighted by molar-refractivity contribution is 5.05. The van der Waals surface area contributed by atoms with Gasteiger partial charge in [-0.3, -0.25) is 4.90 Å². The third-order valence-corrected chi connectivity index (χ3v) is 3.14. The van der Waals surface area contributed by atoms with E-state index >= 15 is 0 Å². The summed E-state index contributed by atoms with van der Waals surface area (Å²) in [7, 11) is 0. The van der Waals surface area contributed by atoms with Gasteiger partial charge in [-0.1, -0.05) is 19.1 Å². The Morgan fingerprint density at radius 2 is 2.36 bits per heavy atom. The van der Waals surface area contributed by atoms with E-state index < -0.39 is 0 Å². The SMILES string of the molecule is CCN1CCC2CCC=CC21. The average molecular weight is 151 g/mol. The topological polar surface area (TPSA) is 3.24 Å². The second-order valence-electron chi connectivity index (χ2n) is 3.67. The van der Waals surface area contributed by atoms with Crippen molar-refractivity contribution in [2.75, 3.05) is 13.1 Å². The third-order valence-electron chi connectivity index (χ3n) is 3.14. The second-order valence-corrected chi connectivity index (χ2v) is 3.67. The first-order valence-electron chi connectivity index (χ1n) is 4.82. The summed E-state index contributed by atoms with van der Waals surface area (Å²) in [6.45, 7) is 4.83. The number of hydrogen-bond acceptors (Lipinski definition) is 1. The summed E-state index contributed by atoms with van der Waals surface area (Å²) in [6, 6.07) is 0.800. The summed E-state index contributed by atoms with van der Waals surface area (Å²) in [5.41, 5.74) is 0. The van der Waals surface area contributed by atoms with Crippen LogP contribution in [0.25, 0.3) is 0 Å². The first kappa shape index (κ1) is 7.35. The van der Waals surface area contributed by atoms with Gasteiger partial charge in [-0.2, -0.15) is 0 Å². The van der Waals surface area contributed by atoms with Crippen LogP contribution in [-0.4, -0.2) is 24.0 Å². The first-order valence-corrected chi connectivity index (χ1v) is 4.82. The minimum Gasteiger partial charge on any atom is -0.297 e. The van der Waals surface area contributed by atoms with Gasteiger partial charge >= 0.3 is 0 Å². The molecule has 0 aromatic rings. The van der Waals surface area contributed by atoms with Gasteiger partial charge in [0.25, 0.3) is 0 Å². The predicted molar refractivity (Wildman–Crippen MR) is 47.5 cm³/mol. The lowest BCUT2D eigenvalue weighted by Gasteiger charge is -2.26. The van der Waals surface area contributed by atoms with Crippen molar-refractivity contribution >= 4 is 0 Å². The molecule has 0 spiro atoms. The number of rotatable bonds is 1. The van der Waals surface area contributed by atoms with Gasteiger partial charge in [0.2, 0.25) is 0 Å². The van der Waals surface area contributed by atoms with Gasteiger partial charge in [0.1, 0.15) is 0 Å². The highest BCUT2D eigenvalue weighted by Gasteiger charge is 2.31. The molecule has 1 heterocycles. The van der Waals surface area contributed by atoms with Crippen molar-refractivity contribution in [3.63, 3.8) is 0 Å². The van der Waals surface area contributed by atoms with Crippen molar-refractivity contribution in [2.24, 2.45) is 5.92 Å². The molecule has 0 amide bonds. The van der Waals surface area contributed by atoms with Crippen LogP contribution in [0, 0.1) is 5.92 Å². The Kier molecular flexibility index (Phi) is 1.99. The maximum atomic E-state index is 2.60. The fourth-order valence-corrected chi connectivity index (χ4v) is 2.46. The molecule has 0 bridgehead atoms. The molecular formula is C10H17N. The fourth-order valence-electron chi connectivity index (χ4n) is 2.46. The van der Waals surface area contributed by atoms with Crippen molar-refractivity contribution in [1.82, 2.24) is 4.90 Å². The van der Waals surface area contributed by atoms with Crippen LogP contribution in [0.1, 0.15) is 26.2 Å². The highest BCUT2D eigenvalue weighted by Crippen LogP contribution is 2.31. The molecule has 2 atom stereocenters. The van der Waals surface area contributed by atoms with Crippen molar-refractivity contribution < 1.29 is 0 Å². The van der Waals surface area contributed by atoms with Gasteiger partial charge in [-0.05, 0) is 38.3 Å².